The summed E-state index contributed by atoms with van der Waals surface area (Å²) in [5, 5.41) is 6.66. The Bertz CT molecular complexity index is 836. The van der Waals surface area contributed by atoms with Gasteiger partial charge in [0.25, 0.3) is 0 Å². The van der Waals surface area contributed by atoms with Crippen molar-refractivity contribution in [1.82, 2.24) is 0 Å². The van der Waals surface area contributed by atoms with E-state index in [9.17, 15) is 17.8 Å². The molecule has 0 fully saturated rings. The molecule has 2 aromatic carbocycles. The van der Waals surface area contributed by atoms with Crippen LogP contribution < -0.4 is 10.8 Å². The average molecular weight is 370 g/mol. The van der Waals surface area contributed by atoms with Gasteiger partial charge in [-0.3, -0.25) is 4.79 Å². The highest BCUT2D eigenvalue weighted by Crippen LogP contribution is 2.21. The van der Waals surface area contributed by atoms with Crippen LogP contribution >= 0.6 is 11.6 Å². The second-order valence-corrected chi connectivity index (χ2v) is 6.54. The summed E-state index contributed by atoms with van der Waals surface area (Å²) in [4.78, 5) is 10.3. The number of anilines is 1. The number of hydrogen-bond acceptors (Lipinski definition) is 5. The van der Waals surface area contributed by atoms with Crippen LogP contribution in [0.1, 0.15) is 12.5 Å². The maximum absolute atomic E-state index is 10.6. The molecule has 3 N–H and O–H groups in total. The Labute approximate surface area is 144 Å². The Morgan fingerprint density at radius 1 is 1.21 bits per heavy atom. The molecule has 0 aliphatic heterocycles. The Kier molecular flexibility index (Phi) is 7.02. The zero-order valence-corrected chi connectivity index (χ0v) is 14.6. The summed E-state index contributed by atoms with van der Waals surface area (Å²) in [6.45, 7) is 3.26. The van der Waals surface area contributed by atoms with Crippen LogP contribution in [0.2, 0.25) is 5.02 Å². The summed E-state index contributed by atoms with van der Waals surface area (Å²) in [6.07, 6.45) is 0. The Balaban J connectivity index is 0.000000254. The van der Waals surface area contributed by atoms with E-state index in [1.54, 1.807) is 6.07 Å². The van der Waals surface area contributed by atoms with Crippen LogP contribution in [0.15, 0.2) is 52.5 Å². The van der Waals surface area contributed by atoms with E-state index in [-0.39, 0.29) is 10.8 Å². The molecule has 2 aromatic rings. The third kappa shape index (κ3) is 6.45. The number of benzene rings is 2. The maximum atomic E-state index is 10.6. The molecule has 0 heterocycles. The van der Waals surface area contributed by atoms with Crippen LogP contribution in [0.3, 0.4) is 0 Å². The van der Waals surface area contributed by atoms with Gasteiger partial charge in [-0.05, 0) is 54.0 Å². The van der Waals surface area contributed by atoms with E-state index in [4.69, 9.17) is 17.1 Å². The molecule has 128 valence electrons. The minimum atomic E-state index is -4.41. The molecule has 24 heavy (non-hydrogen) atoms. The van der Waals surface area contributed by atoms with Crippen molar-refractivity contribution in [3.05, 3.63) is 53.1 Å². The molecule has 0 saturated heterocycles. The van der Waals surface area contributed by atoms with Crippen LogP contribution in [0.5, 0.6) is 0 Å². The van der Waals surface area contributed by atoms with Gasteiger partial charge in [-0.25, -0.2) is 8.42 Å². The largest absolute Gasteiger partial charge is 0.744 e. The molecule has 0 aliphatic rings. The van der Waals surface area contributed by atoms with Crippen LogP contribution in [-0.4, -0.2) is 18.9 Å². The number of nitrogens with zero attached hydrogens (tertiary/aromatic N) is 1. The van der Waals surface area contributed by atoms with Gasteiger partial charge in [0.1, 0.15) is 15.8 Å². The molecule has 0 saturated carbocycles. The van der Waals surface area contributed by atoms with E-state index in [1.807, 2.05) is 19.1 Å². The molecule has 0 bridgehead atoms. The lowest BCUT2D eigenvalue weighted by molar-refractivity contribution is -0.210. The molecule has 0 aliphatic carbocycles. The first-order chi connectivity index (χ1) is 11.1. The number of aryl methyl sites for hydroxylation is 1. The van der Waals surface area contributed by atoms with Crippen molar-refractivity contribution >= 4 is 39.0 Å². The predicted octanol–water partition coefficient (Wildman–Crippen LogP) is 2.04. The minimum absolute atomic E-state index is 0.261. The monoisotopic (exact) mass is 369 g/mol. The highest BCUT2D eigenvalue weighted by Gasteiger charge is 2.01. The predicted molar refractivity (Wildman–Crippen MR) is 88.9 cm³/mol. The van der Waals surface area contributed by atoms with Crippen molar-refractivity contribution in [2.45, 2.75) is 18.7 Å². The molecule has 0 unspecified atom stereocenters. The molecule has 2 rings (SSSR count). The quantitative estimate of drug-likeness (QED) is 0.634. The fourth-order valence-electron chi connectivity index (χ4n) is 1.63. The molecule has 1 amide bonds. The highest BCUT2D eigenvalue weighted by atomic mass is 35.5. The topological polar surface area (TPSA) is 124 Å². The SMILES string of the molecule is CC(=O)Nc1ccc(S(=O)(=O)[O-])cc1.Cc1ccc(Cl)cc1N=[NH2+]. The van der Waals surface area contributed by atoms with Gasteiger partial charge in [0.15, 0.2) is 0 Å². The van der Waals surface area contributed by atoms with Gasteiger partial charge in [0.2, 0.25) is 5.91 Å². The van der Waals surface area contributed by atoms with Gasteiger partial charge in [-0.2, -0.15) is 5.53 Å². The van der Waals surface area contributed by atoms with Gasteiger partial charge in [-0.15, -0.1) is 0 Å². The van der Waals surface area contributed by atoms with E-state index in [0.717, 1.165) is 23.4 Å². The lowest BCUT2D eigenvalue weighted by Crippen LogP contribution is -2.22. The van der Waals surface area contributed by atoms with Crippen molar-refractivity contribution in [2.75, 3.05) is 5.32 Å². The van der Waals surface area contributed by atoms with E-state index in [1.165, 1.54) is 19.1 Å². The number of hydrogen-bond donors (Lipinski definition) is 2. The van der Waals surface area contributed by atoms with Crippen molar-refractivity contribution in [2.24, 2.45) is 5.11 Å². The van der Waals surface area contributed by atoms with Crippen LogP contribution in [0.25, 0.3) is 0 Å². The summed E-state index contributed by atoms with van der Waals surface area (Å²) < 4.78 is 31.6. The van der Waals surface area contributed by atoms with E-state index in [2.05, 4.69) is 10.4 Å². The van der Waals surface area contributed by atoms with Crippen LogP contribution in [0, 0.1) is 6.92 Å². The Morgan fingerprint density at radius 2 is 1.79 bits per heavy atom. The smallest absolute Gasteiger partial charge is 0.221 e. The van der Waals surface area contributed by atoms with Crippen LogP contribution in [-0.2, 0) is 14.9 Å². The lowest BCUT2D eigenvalue weighted by Gasteiger charge is -2.07. The third-order valence-corrected chi connectivity index (χ3v) is 3.86. The summed E-state index contributed by atoms with van der Waals surface area (Å²) in [5.41, 5.74) is 7.31. The standard InChI is InChI=1S/C8H9NO4S.C7H7ClN2/c1-6(10)9-7-2-4-8(5-3-7)14(11,12)13;1-5-2-3-6(8)4-7(5)10-9/h2-5H,1H3,(H,9,10)(H,11,12,13);2-4,9H,1H3. The molecule has 0 atom stereocenters. The number of rotatable bonds is 3. The number of carbonyl (C=O) groups excluding carboxylic acids is 1. The maximum Gasteiger partial charge on any atom is 0.221 e. The molecule has 9 heteroatoms. The van der Waals surface area contributed by atoms with Gasteiger partial charge < -0.3 is 9.87 Å². The zero-order chi connectivity index (χ0) is 18.3. The zero-order valence-electron chi connectivity index (χ0n) is 13.0. The number of carbonyl (C=O) groups is 1. The lowest BCUT2D eigenvalue weighted by atomic mass is 10.2. The fraction of sp³-hybridized carbons (Fsp3) is 0.133. The number of amides is 1. The summed E-state index contributed by atoms with van der Waals surface area (Å²) in [5.74, 6) is -0.261. The average Bonchev–Trinajstić information content (AvgIpc) is 2.49. The summed E-state index contributed by atoms with van der Waals surface area (Å²) in [6, 6.07) is 10.4. The van der Waals surface area contributed by atoms with Gasteiger partial charge in [0.05, 0.1) is 4.90 Å². The summed E-state index contributed by atoms with van der Waals surface area (Å²) >= 11 is 5.68. The number of halogens is 1. The molecule has 7 nitrogen and oxygen atoms in total. The van der Waals surface area contributed by atoms with Crippen molar-refractivity contribution < 1.29 is 23.3 Å². The van der Waals surface area contributed by atoms with Crippen molar-refractivity contribution in [3.8, 4) is 0 Å². The highest BCUT2D eigenvalue weighted by molar-refractivity contribution is 7.85. The molecule has 0 spiro atoms. The Hall–Kier alpha value is -2.29. The van der Waals surface area contributed by atoms with Gasteiger partial charge in [0, 0.05) is 17.6 Å². The van der Waals surface area contributed by atoms with Crippen LogP contribution in [0.4, 0.5) is 11.4 Å². The molecular formula is C15H16ClN3O4S. The minimum Gasteiger partial charge on any atom is -0.744 e. The fourth-order valence-corrected chi connectivity index (χ4v) is 2.27. The van der Waals surface area contributed by atoms with Gasteiger partial charge in [-0.1, -0.05) is 17.7 Å². The second-order valence-electron chi connectivity index (χ2n) is 4.72. The van der Waals surface area contributed by atoms with E-state index < -0.39 is 10.1 Å². The molecular weight excluding hydrogens is 354 g/mol. The van der Waals surface area contributed by atoms with E-state index >= 15 is 0 Å². The Morgan fingerprint density at radius 3 is 2.21 bits per heavy atom. The number of nitrogens with two attached hydrogens (primary N) is 1. The van der Waals surface area contributed by atoms with Gasteiger partial charge >= 0.3 is 0 Å². The first-order valence-corrected chi connectivity index (χ1v) is 8.42. The second kappa shape index (κ2) is 8.53. The van der Waals surface area contributed by atoms with Crippen molar-refractivity contribution in [1.29, 1.82) is 0 Å². The van der Waals surface area contributed by atoms with E-state index in [0.29, 0.717) is 10.7 Å². The molecule has 0 radical (unpaired) electrons. The third-order valence-electron chi connectivity index (χ3n) is 2.77. The first kappa shape index (κ1) is 19.8. The summed E-state index contributed by atoms with van der Waals surface area (Å²) in [7, 11) is -4.41. The number of nitrogens with one attached hydrogen (secondary N) is 1. The first-order valence-electron chi connectivity index (χ1n) is 6.64. The molecule has 0 aromatic heterocycles. The van der Waals surface area contributed by atoms with Crippen molar-refractivity contribution in [3.63, 3.8) is 0 Å². The normalized spacial score (nSPS) is 10.3.